The van der Waals surface area contributed by atoms with E-state index in [9.17, 15) is 4.79 Å². The standard InChI is InChI=1S/C13H14BrN5O/c1-3-15-11-5-4-10(18-19-11)13(20)17-12-6-8(2)9(14)7-16-12/h4-7H,3H2,1-2H3,(H,15,19)(H,16,17,20). The normalized spacial score (nSPS) is 10.2. The molecule has 2 heterocycles. The summed E-state index contributed by atoms with van der Waals surface area (Å²) in [5.41, 5.74) is 1.23. The van der Waals surface area contributed by atoms with Gasteiger partial charge in [-0.3, -0.25) is 4.79 Å². The topological polar surface area (TPSA) is 79.8 Å². The van der Waals surface area contributed by atoms with Crippen LogP contribution in [0.5, 0.6) is 0 Å². The van der Waals surface area contributed by atoms with Crippen LogP contribution in [0.1, 0.15) is 23.0 Å². The second-order valence-electron chi connectivity index (χ2n) is 4.11. The van der Waals surface area contributed by atoms with Crippen molar-refractivity contribution in [3.8, 4) is 0 Å². The molecule has 0 saturated carbocycles. The Bertz CT molecular complexity index is 615. The van der Waals surface area contributed by atoms with Gasteiger partial charge >= 0.3 is 0 Å². The summed E-state index contributed by atoms with van der Waals surface area (Å²) < 4.78 is 0.894. The number of carbonyl (C=O) groups excluding carboxylic acids is 1. The Morgan fingerprint density at radius 2 is 2.10 bits per heavy atom. The Kier molecular flexibility index (Phi) is 4.62. The zero-order valence-electron chi connectivity index (χ0n) is 11.1. The second-order valence-corrected chi connectivity index (χ2v) is 4.96. The van der Waals surface area contributed by atoms with Crippen LogP contribution >= 0.6 is 15.9 Å². The van der Waals surface area contributed by atoms with E-state index in [1.165, 1.54) is 0 Å². The quantitative estimate of drug-likeness (QED) is 0.897. The number of rotatable bonds is 4. The third-order valence-corrected chi connectivity index (χ3v) is 3.37. The van der Waals surface area contributed by atoms with Crippen LogP contribution in [0.25, 0.3) is 0 Å². The molecule has 0 radical (unpaired) electrons. The van der Waals surface area contributed by atoms with Crippen molar-refractivity contribution in [2.45, 2.75) is 13.8 Å². The first-order valence-corrected chi connectivity index (χ1v) is 6.90. The maximum atomic E-state index is 12.0. The Hall–Kier alpha value is -2.02. The van der Waals surface area contributed by atoms with Crippen molar-refractivity contribution in [1.29, 1.82) is 0 Å². The number of pyridine rings is 1. The molecule has 6 nitrogen and oxygen atoms in total. The summed E-state index contributed by atoms with van der Waals surface area (Å²) >= 11 is 3.36. The van der Waals surface area contributed by atoms with E-state index in [-0.39, 0.29) is 11.6 Å². The maximum absolute atomic E-state index is 12.0. The van der Waals surface area contributed by atoms with Gasteiger partial charge < -0.3 is 10.6 Å². The van der Waals surface area contributed by atoms with E-state index >= 15 is 0 Å². The average Bonchev–Trinajstić information content (AvgIpc) is 2.44. The number of carbonyl (C=O) groups is 1. The number of aromatic nitrogens is 3. The predicted molar refractivity (Wildman–Crippen MR) is 80.8 cm³/mol. The number of hydrogen-bond acceptors (Lipinski definition) is 5. The van der Waals surface area contributed by atoms with Gasteiger partial charge in [0.25, 0.3) is 5.91 Å². The fraction of sp³-hybridized carbons (Fsp3) is 0.231. The van der Waals surface area contributed by atoms with E-state index in [0.29, 0.717) is 11.6 Å². The van der Waals surface area contributed by atoms with E-state index in [4.69, 9.17) is 0 Å². The Balaban J connectivity index is 2.09. The van der Waals surface area contributed by atoms with Crippen molar-refractivity contribution in [2.75, 3.05) is 17.2 Å². The number of nitrogens with one attached hydrogen (secondary N) is 2. The van der Waals surface area contributed by atoms with Crippen molar-refractivity contribution < 1.29 is 4.79 Å². The van der Waals surface area contributed by atoms with E-state index in [2.05, 4.69) is 41.7 Å². The zero-order chi connectivity index (χ0) is 14.5. The summed E-state index contributed by atoms with van der Waals surface area (Å²) in [5.74, 6) is 0.782. The minimum Gasteiger partial charge on any atom is -0.369 e. The molecule has 0 atom stereocenters. The highest BCUT2D eigenvalue weighted by Crippen LogP contribution is 2.17. The van der Waals surface area contributed by atoms with Gasteiger partial charge in [0.15, 0.2) is 5.69 Å². The molecule has 2 N–H and O–H groups in total. The number of nitrogens with zero attached hydrogens (tertiary/aromatic N) is 3. The number of hydrogen-bond donors (Lipinski definition) is 2. The molecule has 0 bridgehead atoms. The molecular weight excluding hydrogens is 322 g/mol. The lowest BCUT2D eigenvalue weighted by Gasteiger charge is -2.06. The van der Waals surface area contributed by atoms with Gasteiger partial charge in [0.05, 0.1) is 0 Å². The fourth-order valence-corrected chi connectivity index (χ4v) is 1.73. The van der Waals surface area contributed by atoms with Crippen molar-refractivity contribution in [3.05, 3.63) is 40.1 Å². The molecule has 2 aromatic heterocycles. The van der Waals surface area contributed by atoms with Gasteiger partial charge in [-0.2, -0.15) is 0 Å². The first kappa shape index (κ1) is 14.4. The molecule has 104 valence electrons. The molecule has 0 aromatic carbocycles. The van der Waals surface area contributed by atoms with Crippen LogP contribution in [0.3, 0.4) is 0 Å². The van der Waals surface area contributed by atoms with Gasteiger partial charge in [-0.15, -0.1) is 10.2 Å². The van der Waals surface area contributed by atoms with Crippen molar-refractivity contribution >= 4 is 33.5 Å². The van der Waals surface area contributed by atoms with Gasteiger partial charge in [0, 0.05) is 17.2 Å². The molecule has 0 saturated heterocycles. The zero-order valence-corrected chi connectivity index (χ0v) is 12.7. The molecule has 20 heavy (non-hydrogen) atoms. The van der Waals surface area contributed by atoms with E-state index < -0.39 is 0 Å². The molecule has 0 spiro atoms. The highest BCUT2D eigenvalue weighted by atomic mass is 79.9. The van der Waals surface area contributed by atoms with Crippen LogP contribution in [0.15, 0.2) is 28.9 Å². The smallest absolute Gasteiger partial charge is 0.277 e. The summed E-state index contributed by atoms with van der Waals surface area (Å²) in [6.07, 6.45) is 1.64. The maximum Gasteiger partial charge on any atom is 0.277 e. The highest BCUT2D eigenvalue weighted by molar-refractivity contribution is 9.10. The summed E-state index contributed by atoms with van der Waals surface area (Å²) in [6, 6.07) is 5.11. The van der Waals surface area contributed by atoms with E-state index in [1.54, 1.807) is 24.4 Å². The molecule has 0 fully saturated rings. The first-order valence-electron chi connectivity index (χ1n) is 6.11. The first-order chi connectivity index (χ1) is 9.60. The van der Waals surface area contributed by atoms with Crippen LogP contribution in [0.2, 0.25) is 0 Å². The predicted octanol–water partition coefficient (Wildman–Crippen LogP) is 2.63. The Labute approximate surface area is 125 Å². The van der Waals surface area contributed by atoms with Crippen LogP contribution < -0.4 is 10.6 Å². The van der Waals surface area contributed by atoms with Crippen molar-refractivity contribution in [3.63, 3.8) is 0 Å². The lowest BCUT2D eigenvalue weighted by Crippen LogP contribution is -2.15. The van der Waals surface area contributed by atoms with Crippen molar-refractivity contribution in [1.82, 2.24) is 15.2 Å². The molecular formula is C13H14BrN5O. The van der Waals surface area contributed by atoms with Crippen LogP contribution in [0, 0.1) is 6.92 Å². The van der Waals surface area contributed by atoms with Crippen LogP contribution in [-0.4, -0.2) is 27.6 Å². The largest absolute Gasteiger partial charge is 0.369 e. The van der Waals surface area contributed by atoms with Gasteiger partial charge in [0.1, 0.15) is 11.6 Å². The fourth-order valence-electron chi connectivity index (χ4n) is 1.52. The molecule has 0 aliphatic heterocycles. The SMILES string of the molecule is CCNc1ccc(C(=O)Nc2cc(C)c(Br)cn2)nn1. The summed E-state index contributed by atoms with van der Waals surface area (Å²) in [4.78, 5) is 16.1. The molecule has 2 rings (SSSR count). The van der Waals surface area contributed by atoms with E-state index in [0.717, 1.165) is 16.6 Å². The molecule has 0 unspecified atom stereocenters. The monoisotopic (exact) mass is 335 g/mol. The number of amides is 1. The van der Waals surface area contributed by atoms with Crippen LogP contribution in [0.4, 0.5) is 11.6 Å². The lowest BCUT2D eigenvalue weighted by molar-refractivity contribution is 0.102. The lowest BCUT2D eigenvalue weighted by atomic mass is 10.3. The van der Waals surface area contributed by atoms with Crippen LogP contribution in [-0.2, 0) is 0 Å². The second kappa shape index (κ2) is 6.42. The number of aryl methyl sites for hydroxylation is 1. The third kappa shape index (κ3) is 3.51. The molecule has 7 heteroatoms. The van der Waals surface area contributed by atoms with Gasteiger partial charge in [-0.05, 0) is 53.5 Å². The molecule has 1 amide bonds. The molecule has 0 aliphatic rings. The Morgan fingerprint density at radius 1 is 1.30 bits per heavy atom. The summed E-state index contributed by atoms with van der Waals surface area (Å²) in [6.45, 7) is 4.64. The Morgan fingerprint density at radius 3 is 2.70 bits per heavy atom. The third-order valence-electron chi connectivity index (χ3n) is 2.54. The number of anilines is 2. The number of halogens is 1. The van der Waals surface area contributed by atoms with Gasteiger partial charge in [-0.25, -0.2) is 4.98 Å². The minimum atomic E-state index is -0.338. The molecule has 0 aliphatic carbocycles. The van der Waals surface area contributed by atoms with E-state index in [1.807, 2.05) is 13.8 Å². The summed E-state index contributed by atoms with van der Waals surface area (Å²) in [7, 11) is 0. The average molecular weight is 336 g/mol. The summed E-state index contributed by atoms with van der Waals surface area (Å²) in [5, 5.41) is 13.5. The minimum absolute atomic E-state index is 0.244. The van der Waals surface area contributed by atoms with Gasteiger partial charge in [-0.1, -0.05) is 0 Å². The van der Waals surface area contributed by atoms with Crippen molar-refractivity contribution in [2.24, 2.45) is 0 Å². The van der Waals surface area contributed by atoms with Gasteiger partial charge in [0.2, 0.25) is 0 Å². The highest BCUT2D eigenvalue weighted by Gasteiger charge is 2.10. The molecule has 2 aromatic rings.